The van der Waals surface area contributed by atoms with Crippen LogP contribution in [0.4, 0.5) is 0 Å². The van der Waals surface area contributed by atoms with Crippen LogP contribution in [0.1, 0.15) is 0 Å². The van der Waals surface area contributed by atoms with Crippen molar-refractivity contribution in [1.82, 2.24) is 4.57 Å². The molecule has 0 saturated carbocycles. The molecule has 3 nitrogen and oxygen atoms in total. The second-order valence-electron chi connectivity index (χ2n) is 3.51. The molecule has 0 aliphatic carbocycles. The zero-order valence-electron chi connectivity index (χ0n) is 8.10. The lowest BCUT2D eigenvalue weighted by Crippen LogP contribution is -2.19. The summed E-state index contributed by atoms with van der Waals surface area (Å²) in [7, 11) is 0. The summed E-state index contributed by atoms with van der Waals surface area (Å²) in [5.74, 6) is 0. The van der Waals surface area contributed by atoms with Gasteiger partial charge in [0.15, 0.2) is 0 Å². The molecule has 0 radical (unpaired) electrons. The lowest BCUT2D eigenvalue weighted by atomic mass is 10.2. The molecule has 0 spiro atoms. The Balaban J connectivity index is 2.36. The van der Waals surface area contributed by atoms with Gasteiger partial charge in [-0.3, -0.25) is 0 Å². The van der Waals surface area contributed by atoms with Crippen molar-refractivity contribution in [3.8, 4) is 0 Å². The van der Waals surface area contributed by atoms with Gasteiger partial charge in [0.2, 0.25) is 0 Å². The Bertz CT molecular complexity index is 467. The summed E-state index contributed by atoms with van der Waals surface area (Å²) < 4.78 is 2.97. The standard InChI is InChI=1S/C11H12BrNO2/c12-9-1-2-11-8(5-9)3-4-13(11)6-10(15)7-14/h1-5,10,14-15H,6-7H2. The highest BCUT2D eigenvalue weighted by atomic mass is 79.9. The predicted octanol–water partition coefficient (Wildman–Crippen LogP) is 1.76. The maximum absolute atomic E-state index is 9.36. The van der Waals surface area contributed by atoms with Crippen LogP contribution in [0.2, 0.25) is 0 Å². The third-order valence-electron chi connectivity index (χ3n) is 2.35. The zero-order chi connectivity index (χ0) is 10.8. The SMILES string of the molecule is OCC(O)Cn1ccc2cc(Br)ccc21. The topological polar surface area (TPSA) is 45.4 Å². The van der Waals surface area contributed by atoms with Gasteiger partial charge in [-0.2, -0.15) is 0 Å². The Morgan fingerprint density at radius 3 is 2.87 bits per heavy atom. The number of aliphatic hydroxyl groups is 2. The average Bonchev–Trinajstić information content (AvgIpc) is 2.60. The van der Waals surface area contributed by atoms with Crippen LogP contribution in [-0.2, 0) is 6.54 Å². The monoisotopic (exact) mass is 269 g/mol. The van der Waals surface area contributed by atoms with E-state index in [0.29, 0.717) is 6.54 Å². The Kier molecular flexibility index (Phi) is 3.09. The van der Waals surface area contributed by atoms with Gasteiger partial charge < -0.3 is 14.8 Å². The summed E-state index contributed by atoms with van der Waals surface area (Å²) in [6.45, 7) is 0.206. The van der Waals surface area contributed by atoms with E-state index in [1.807, 2.05) is 35.0 Å². The molecular weight excluding hydrogens is 258 g/mol. The van der Waals surface area contributed by atoms with Crippen LogP contribution in [0.3, 0.4) is 0 Å². The summed E-state index contributed by atoms with van der Waals surface area (Å²) in [5.41, 5.74) is 1.06. The highest BCUT2D eigenvalue weighted by Crippen LogP contribution is 2.20. The average molecular weight is 270 g/mol. The number of rotatable bonds is 3. The lowest BCUT2D eigenvalue weighted by molar-refractivity contribution is 0.0822. The van der Waals surface area contributed by atoms with E-state index >= 15 is 0 Å². The molecule has 1 unspecified atom stereocenters. The number of aliphatic hydroxyl groups excluding tert-OH is 2. The maximum atomic E-state index is 9.36. The fourth-order valence-electron chi connectivity index (χ4n) is 1.61. The molecule has 80 valence electrons. The zero-order valence-corrected chi connectivity index (χ0v) is 9.68. The van der Waals surface area contributed by atoms with E-state index in [9.17, 15) is 5.11 Å². The van der Waals surface area contributed by atoms with Gasteiger partial charge in [-0.1, -0.05) is 15.9 Å². The quantitative estimate of drug-likeness (QED) is 0.892. The first kappa shape index (κ1) is 10.7. The fraction of sp³-hybridized carbons (Fsp3) is 0.273. The minimum Gasteiger partial charge on any atom is -0.394 e. The van der Waals surface area contributed by atoms with E-state index in [1.54, 1.807) is 0 Å². The summed E-state index contributed by atoms with van der Waals surface area (Å²) in [6, 6.07) is 7.97. The molecule has 0 amide bonds. The highest BCUT2D eigenvalue weighted by molar-refractivity contribution is 9.10. The number of benzene rings is 1. The van der Waals surface area contributed by atoms with Crippen LogP contribution in [0.5, 0.6) is 0 Å². The van der Waals surface area contributed by atoms with Crippen LogP contribution in [0, 0.1) is 0 Å². The van der Waals surface area contributed by atoms with Gasteiger partial charge in [-0.25, -0.2) is 0 Å². The second kappa shape index (κ2) is 4.35. The number of fused-ring (bicyclic) bond motifs is 1. The summed E-state index contributed by atoms with van der Waals surface area (Å²) in [6.07, 6.45) is 1.21. The predicted molar refractivity (Wildman–Crippen MR) is 62.7 cm³/mol. The van der Waals surface area contributed by atoms with Gasteiger partial charge in [0, 0.05) is 21.6 Å². The lowest BCUT2D eigenvalue weighted by Gasteiger charge is -2.09. The van der Waals surface area contributed by atoms with Crippen LogP contribution < -0.4 is 0 Å². The van der Waals surface area contributed by atoms with Gasteiger partial charge in [0.1, 0.15) is 0 Å². The number of hydrogen-bond acceptors (Lipinski definition) is 2. The van der Waals surface area contributed by atoms with E-state index in [2.05, 4.69) is 15.9 Å². The molecule has 15 heavy (non-hydrogen) atoms. The van der Waals surface area contributed by atoms with Crippen molar-refractivity contribution in [3.05, 3.63) is 34.9 Å². The fourth-order valence-corrected chi connectivity index (χ4v) is 1.99. The van der Waals surface area contributed by atoms with Crippen LogP contribution in [0.25, 0.3) is 10.9 Å². The molecule has 1 aromatic carbocycles. The summed E-state index contributed by atoms with van der Waals surface area (Å²) in [4.78, 5) is 0. The van der Waals surface area contributed by atoms with Gasteiger partial charge in [0.25, 0.3) is 0 Å². The van der Waals surface area contributed by atoms with E-state index in [0.717, 1.165) is 15.4 Å². The normalized spacial score (nSPS) is 13.3. The first-order chi connectivity index (χ1) is 7.20. The molecule has 1 atom stereocenters. The molecule has 0 aliphatic heterocycles. The van der Waals surface area contributed by atoms with Crippen molar-refractivity contribution in [1.29, 1.82) is 0 Å². The van der Waals surface area contributed by atoms with Crippen molar-refractivity contribution in [2.75, 3.05) is 6.61 Å². The number of nitrogens with zero attached hydrogens (tertiary/aromatic N) is 1. The number of aromatic nitrogens is 1. The third kappa shape index (κ3) is 2.22. The van der Waals surface area contributed by atoms with Gasteiger partial charge >= 0.3 is 0 Å². The maximum Gasteiger partial charge on any atom is 0.0949 e. The molecule has 2 N–H and O–H groups in total. The smallest absolute Gasteiger partial charge is 0.0949 e. The van der Waals surface area contributed by atoms with Crippen molar-refractivity contribution in [2.45, 2.75) is 12.6 Å². The van der Waals surface area contributed by atoms with E-state index in [1.165, 1.54) is 0 Å². The first-order valence-corrected chi connectivity index (χ1v) is 5.53. The van der Waals surface area contributed by atoms with Gasteiger partial charge in [-0.05, 0) is 24.3 Å². The minimum absolute atomic E-state index is 0.212. The molecule has 4 heteroatoms. The molecular formula is C11H12BrNO2. The Morgan fingerprint density at radius 2 is 2.13 bits per heavy atom. The van der Waals surface area contributed by atoms with E-state index in [-0.39, 0.29) is 6.61 Å². The molecule has 2 aromatic rings. The number of halogens is 1. The minimum atomic E-state index is -0.704. The van der Waals surface area contributed by atoms with Crippen molar-refractivity contribution >= 4 is 26.8 Å². The largest absolute Gasteiger partial charge is 0.394 e. The summed E-state index contributed by atoms with van der Waals surface area (Å²) >= 11 is 3.41. The molecule has 0 aliphatic rings. The van der Waals surface area contributed by atoms with E-state index < -0.39 is 6.10 Å². The van der Waals surface area contributed by atoms with E-state index in [4.69, 9.17) is 5.11 Å². The molecule has 0 fully saturated rings. The van der Waals surface area contributed by atoms with Crippen molar-refractivity contribution in [2.24, 2.45) is 0 Å². The molecule has 1 aromatic heterocycles. The second-order valence-corrected chi connectivity index (χ2v) is 4.42. The van der Waals surface area contributed by atoms with Crippen LogP contribution in [-0.4, -0.2) is 27.5 Å². The van der Waals surface area contributed by atoms with Crippen LogP contribution >= 0.6 is 15.9 Å². The Hall–Kier alpha value is -0.840. The highest BCUT2D eigenvalue weighted by Gasteiger charge is 2.06. The van der Waals surface area contributed by atoms with Gasteiger partial charge in [0.05, 0.1) is 19.3 Å². The molecule has 0 saturated heterocycles. The molecule has 1 heterocycles. The van der Waals surface area contributed by atoms with Crippen LogP contribution in [0.15, 0.2) is 34.9 Å². The first-order valence-electron chi connectivity index (χ1n) is 4.74. The Morgan fingerprint density at radius 1 is 1.33 bits per heavy atom. The third-order valence-corrected chi connectivity index (χ3v) is 2.84. The number of hydrogen-bond donors (Lipinski definition) is 2. The van der Waals surface area contributed by atoms with Crippen molar-refractivity contribution in [3.63, 3.8) is 0 Å². The Labute approximate surface area is 96.1 Å². The van der Waals surface area contributed by atoms with Gasteiger partial charge in [-0.15, -0.1) is 0 Å². The summed E-state index contributed by atoms with van der Waals surface area (Å²) in [5, 5.41) is 19.3. The molecule has 2 rings (SSSR count). The van der Waals surface area contributed by atoms with Crippen molar-refractivity contribution < 1.29 is 10.2 Å². The molecule has 0 bridgehead atoms.